The number of hydrogen-bond acceptors (Lipinski definition) is 4. The van der Waals surface area contributed by atoms with Crippen LogP contribution in [0.1, 0.15) is 18.9 Å². The summed E-state index contributed by atoms with van der Waals surface area (Å²) in [6.07, 6.45) is 2.41. The van der Waals surface area contributed by atoms with E-state index in [1.165, 1.54) is 12.3 Å². The molecule has 0 aliphatic rings. The summed E-state index contributed by atoms with van der Waals surface area (Å²) >= 11 is 0. The molecule has 0 aliphatic heterocycles. The van der Waals surface area contributed by atoms with Crippen molar-refractivity contribution in [2.24, 2.45) is 5.10 Å². The normalized spacial score (nSPS) is 10.8. The van der Waals surface area contributed by atoms with Crippen LogP contribution < -0.4 is 14.9 Å². The van der Waals surface area contributed by atoms with Gasteiger partial charge in [0, 0.05) is 6.07 Å². The number of nitrogens with one attached hydrogen (secondary N) is 1. The van der Waals surface area contributed by atoms with Crippen molar-refractivity contribution in [2.75, 3.05) is 19.1 Å². The van der Waals surface area contributed by atoms with Gasteiger partial charge in [0.1, 0.15) is 5.82 Å². The van der Waals surface area contributed by atoms with Gasteiger partial charge in [-0.3, -0.25) is 5.43 Å². The Morgan fingerprint density at radius 2 is 1.96 bits per heavy atom. The van der Waals surface area contributed by atoms with E-state index >= 15 is 0 Å². The fraction of sp³-hybridized carbons (Fsp3) is 0.235. The molecule has 0 atom stereocenters. The van der Waals surface area contributed by atoms with Gasteiger partial charge in [-0.2, -0.15) is 5.10 Å². The fourth-order valence-corrected chi connectivity index (χ4v) is 1.85. The quantitative estimate of drug-likeness (QED) is 0.614. The Morgan fingerprint density at radius 1 is 1.13 bits per heavy atom. The summed E-state index contributed by atoms with van der Waals surface area (Å²) in [5.74, 6) is -0.0909. The van der Waals surface area contributed by atoms with Crippen LogP contribution in [0.25, 0.3) is 0 Å². The van der Waals surface area contributed by atoms with Crippen LogP contribution in [0.5, 0.6) is 11.5 Å². The topological polar surface area (TPSA) is 42.8 Å². The van der Waals surface area contributed by atoms with Crippen LogP contribution >= 0.6 is 0 Å². The third-order valence-electron chi connectivity index (χ3n) is 2.98. The molecule has 23 heavy (non-hydrogen) atoms. The molecule has 0 heterocycles. The lowest BCUT2D eigenvalue weighted by Crippen LogP contribution is -1.99. The molecule has 6 heteroatoms. The summed E-state index contributed by atoms with van der Waals surface area (Å²) < 4.78 is 37.1. The predicted octanol–water partition coefficient (Wildman–Crippen LogP) is 4.21. The Hall–Kier alpha value is -2.63. The molecule has 0 amide bonds. The van der Waals surface area contributed by atoms with Crippen LogP contribution in [0, 0.1) is 11.6 Å². The van der Waals surface area contributed by atoms with E-state index < -0.39 is 11.6 Å². The smallest absolute Gasteiger partial charge is 0.161 e. The average molecular weight is 320 g/mol. The number of methoxy groups -OCH3 is 1. The van der Waals surface area contributed by atoms with Gasteiger partial charge in [0.05, 0.1) is 25.6 Å². The summed E-state index contributed by atoms with van der Waals surface area (Å²) in [6.45, 7) is 2.63. The van der Waals surface area contributed by atoms with E-state index in [0.717, 1.165) is 24.1 Å². The second-order valence-corrected chi connectivity index (χ2v) is 4.75. The second kappa shape index (κ2) is 8.12. The van der Waals surface area contributed by atoms with Crippen LogP contribution in [0.2, 0.25) is 0 Å². The van der Waals surface area contributed by atoms with Crippen LogP contribution in [-0.2, 0) is 0 Å². The Balaban J connectivity index is 2.07. The number of nitrogens with zero attached hydrogens (tertiary/aromatic N) is 1. The van der Waals surface area contributed by atoms with Crippen LogP contribution in [-0.4, -0.2) is 19.9 Å². The standard InChI is InChI=1S/C17H18F2N2O2/c1-3-8-23-16-7-4-12(9-17(16)22-2)11-20-21-15-6-5-13(18)10-14(15)19/h4-7,9-11,21H,3,8H2,1-2H3/b20-11+. The molecule has 4 nitrogen and oxygen atoms in total. The highest BCUT2D eigenvalue weighted by Crippen LogP contribution is 2.27. The molecule has 0 saturated heterocycles. The molecule has 0 aliphatic carbocycles. The highest BCUT2D eigenvalue weighted by molar-refractivity contribution is 5.81. The molecule has 0 fully saturated rings. The molecule has 0 saturated carbocycles. The lowest BCUT2D eigenvalue weighted by molar-refractivity contribution is 0.294. The first-order valence-corrected chi connectivity index (χ1v) is 7.19. The van der Waals surface area contributed by atoms with Gasteiger partial charge >= 0.3 is 0 Å². The highest BCUT2D eigenvalue weighted by atomic mass is 19.1. The van der Waals surface area contributed by atoms with Crippen LogP contribution in [0.15, 0.2) is 41.5 Å². The van der Waals surface area contributed by atoms with Crippen LogP contribution in [0.4, 0.5) is 14.5 Å². The summed E-state index contributed by atoms with van der Waals surface area (Å²) in [6, 6.07) is 8.58. The molecular formula is C17H18F2N2O2. The minimum Gasteiger partial charge on any atom is -0.493 e. The van der Waals surface area contributed by atoms with Gasteiger partial charge < -0.3 is 9.47 Å². The first-order valence-electron chi connectivity index (χ1n) is 7.19. The SMILES string of the molecule is CCCOc1ccc(/C=N/Nc2ccc(F)cc2F)cc1OC. The molecule has 2 aromatic carbocycles. The summed E-state index contributed by atoms with van der Waals surface area (Å²) in [5, 5.41) is 3.94. The maximum absolute atomic E-state index is 13.5. The predicted molar refractivity (Wildman–Crippen MR) is 86.4 cm³/mol. The largest absolute Gasteiger partial charge is 0.493 e. The second-order valence-electron chi connectivity index (χ2n) is 4.75. The van der Waals surface area contributed by atoms with Crippen molar-refractivity contribution in [2.45, 2.75) is 13.3 Å². The molecule has 0 spiro atoms. The van der Waals surface area contributed by atoms with E-state index in [4.69, 9.17) is 9.47 Å². The maximum atomic E-state index is 13.5. The van der Waals surface area contributed by atoms with Crippen LogP contribution in [0.3, 0.4) is 0 Å². The Bertz CT molecular complexity index is 690. The number of halogens is 2. The number of ether oxygens (including phenoxy) is 2. The molecule has 0 bridgehead atoms. The summed E-state index contributed by atoms with van der Waals surface area (Å²) in [4.78, 5) is 0. The van der Waals surface area contributed by atoms with E-state index in [0.29, 0.717) is 18.1 Å². The highest BCUT2D eigenvalue weighted by Gasteiger charge is 2.05. The van der Waals surface area contributed by atoms with E-state index in [2.05, 4.69) is 10.5 Å². The zero-order chi connectivity index (χ0) is 16.7. The van der Waals surface area contributed by atoms with Crippen molar-refractivity contribution in [1.29, 1.82) is 0 Å². The van der Waals surface area contributed by atoms with Crippen molar-refractivity contribution >= 4 is 11.9 Å². The number of rotatable bonds is 7. The Kier molecular flexibility index (Phi) is 5.91. The lowest BCUT2D eigenvalue weighted by Gasteiger charge is -2.10. The Morgan fingerprint density at radius 3 is 2.65 bits per heavy atom. The van der Waals surface area contributed by atoms with Crippen molar-refractivity contribution in [3.63, 3.8) is 0 Å². The zero-order valence-corrected chi connectivity index (χ0v) is 13.0. The van der Waals surface area contributed by atoms with Gasteiger partial charge in [0.15, 0.2) is 17.3 Å². The van der Waals surface area contributed by atoms with Crippen molar-refractivity contribution in [1.82, 2.24) is 0 Å². The van der Waals surface area contributed by atoms with E-state index in [9.17, 15) is 8.78 Å². The minimum atomic E-state index is -0.706. The Labute approximate surface area is 133 Å². The summed E-state index contributed by atoms with van der Waals surface area (Å²) in [5.41, 5.74) is 3.38. The average Bonchev–Trinajstić information content (AvgIpc) is 2.55. The zero-order valence-electron chi connectivity index (χ0n) is 13.0. The molecule has 2 aromatic rings. The molecule has 2 rings (SSSR count). The monoisotopic (exact) mass is 320 g/mol. The van der Waals surface area contributed by atoms with Crippen molar-refractivity contribution < 1.29 is 18.3 Å². The maximum Gasteiger partial charge on any atom is 0.161 e. The number of hydrogen-bond donors (Lipinski definition) is 1. The van der Waals surface area contributed by atoms with E-state index in [-0.39, 0.29) is 5.69 Å². The molecule has 0 radical (unpaired) electrons. The van der Waals surface area contributed by atoms with E-state index in [1.54, 1.807) is 25.3 Å². The van der Waals surface area contributed by atoms with Gasteiger partial charge in [-0.15, -0.1) is 0 Å². The fourth-order valence-electron chi connectivity index (χ4n) is 1.85. The number of benzene rings is 2. The molecule has 1 N–H and O–H groups in total. The number of anilines is 1. The van der Waals surface area contributed by atoms with Gasteiger partial charge in [0.2, 0.25) is 0 Å². The molecule has 122 valence electrons. The third kappa shape index (κ3) is 4.67. The van der Waals surface area contributed by atoms with Gasteiger partial charge in [0.25, 0.3) is 0 Å². The number of hydrazone groups is 1. The minimum absolute atomic E-state index is 0.0949. The molecule has 0 aromatic heterocycles. The van der Waals surface area contributed by atoms with Gasteiger partial charge in [-0.1, -0.05) is 6.92 Å². The molecular weight excluding hydrogens is 302 g/mol. The first-order chi connectivity index (χ1) is 11.1. The molecule has 0 unspecified atom stereocenters. The van der Waals surface area contributed by atoms with Crippen molar-refractivity contribution in [3.8, 4) is 11.5 Å². The lowest BCUT2D eigenvalue weighted by atomic mass is 10.2. The third-order valence-corrected chi connectivity index (χ3v) is 2.98. The van der Waals surface area contributed by atoms with Gasteiger partial charge in [-0.05, 0) is 42.3 Å². The first kappa shape index (κ1) is 16.7. The van der Waals surface area contributed by atoms with Gasteiger partial charge in [-0.25, -0.2) is 8.78 Å². The van der Waals surface area contributed by atoms with Crippen molar-refractivity contribution in [3.05, 3.63) is 53.6 Å². The van der Waals surface area contributed by atoms with E-state index in [1.807, 2.05) is 6.92 Å². The summed E-state index contributed by atoms with van der Waals surface area (Å²) in [7, 11) is 1.56.